The van der Waals surface area contributed by atoms with Crippen molar-refractivity contribution in [2.45, 2.75) is 51.6 Å². The number of likely N-dealkylation sites (tertiary alicyclic amines) is 2. The van der Waals surface area contributed by atoms with Gasteiger partial charge in [-0.3, -0.25) is 14.3 Å². The van der Waals surface area contributed by atoms with Gasteiger partial charge in [-0.1, -0.05) is 0 Å². The predicted molar refractivity (Wildman–Crippen MR) is 98.3 cm³/mol. The van der Waals surface area contributed by atoms with Crippen LogP contribution < -0.4 is 5.69 Å². The van der Waals surface area contributed by atoms with E-state index in [-0.39, 0.29) is 17.5 Å². The highest BCUT2D eigenvalue weighted by atomic mass is 16.5. The van der Waals surface area contributed by atoms with Crippen LogP contribution in [-0.2, 0) is 22.6 Å². The molecule has 3 rings (SSSR count). The molecule has 1 amide bonds. The van der Waals surface area contributed by atoms with Crippen molar-refractivity contribution in [3.63, 3.8) is 0 Å². The fraction of sp³-hybridized carbons (Fsp3) is 0.833. The molecule has 0 radical (unpaired) electrons. The van der Waals surface area contributed by atoms with Crippen LogP contribution in [0.5, 0.6) is 0 Å². The molecule has 8 heteroatoms. The highest BCUT2D eigenvalue weighted by molar-refractivity contribution is 5.78. The van der Waals surface area contributed by atoms with Crippen LogP contribution in [0.4, 0.5) is 0 Å². The summed E-state index contributed by atoms with van der Waals surface area (Å²) in [6.07, 6.45) is 4.14. The summed E-state index contributed by atoms with van der Waals surface area (Å²) in [5, 5.41) is 4.58. The van der Waals surface area contributed by atoms with E-state index in [9.17, 15) is 9.59 Å². The van der Waals surface area contributed by atoms with Crippen molar-refractivity contribution >= 4 is 5.91 Å². The van der Waals surface area contributed by atoms with Gasteiger partial charge >= 0.3 is 5.69 Å². The number of rotatable bonds is 7. The van der Waals surface area contributed by atoms with E-state index < -0.39 is 0 Å². The van der Waals surface area contributed by atoms with Gasteiger partial charge in [0.15, 0.2) is 0 Å². The Morgan fingerprint density at radius 3 is 2.50 bits per heavy atom. The summed E-state index contributed by atoms with van der Waals surface area (Å²) in [5.74, 6) is 1.43. The highest BCUT2D eigenvalue weighted by Crippen LogP contribution is 2.26. The van der Waals surface area contributed by atoms with E-state index >= 15 is 0 Å². The molecule has 2 aliphatic rings. The number of methoxy groups -OCH3 is 1. The summed E-state index contributed by atoms with van der Waals surface area (Å²) in [7, 11) is 1.63. The third-order valence-electron chi connectivity index (χ3n) is 5.55. The molecular formula is C18H31N5O3. The summed E-state index contributed by atoms with van der Waals surface area (Å²) in [4.78, 5) is 29.0. The molecule has 3 heterocycles. The molecule has 0 aromatic carbocycles. The number of ether oxygens (including phenoxy) is 1. The molecule has 146 valence electrons. The number of hydrogen-bond acceptors (Lipinski definition) is 5. The van der Waals surface area contributed by atoms with Gasteiger partial charge in [0.05, 0.1) is 19.7 Å². The molecule has 8 nitrogen and oxygen atoms in total. The van der Waals surface area contributed by atoms with Gasteiger partial charge in [-0.2, -0.15) is 5.10 Å². The third-order valence-corrected chi connectivity index (χ3v) is 5.55. The predicted octanol–water partition coefficient (Wildman–Crippen LogP) is 0.513. The Balaban J connectivity index is 1.59. The third kappa shape index (κ3) is 4.17. The lowest BCUT2D eigenvalue weighted by atomic mass is 9.96. The Hall–Kier alpha value is -1.67. The van der Waals surface area contributed by atoms with Gasteiger partial charge in [-0.05, 0) is 45.7 Å². The van der Waals surface area contributed by atoms with Crippen LogP contribution in [0.25, 0.3) is 0 Å². The van der Waals surface area contributed by atoms with Crippen molar-refractivity contribution in [2.24, 2.45) is 0 Å². The molecule has 0 aliphatic carbocycles. The topological polar surface area (TPSA) is 72.6 Å². The average molecular weight is 365 g/mol. The second-order valence-electron chi connectivity index (χ2n) is 7.24. The van der Waals surface area contributed by atoms with Crippen LogP contribution in [0.3, 0.4) is 0 Å². The maximum Gasteiger partial charge on any atom is 0.345 e. The number of hydrogen-bond donors (Lipinski definition) is 0. The molecule has 0 bridgehead atoms. The number of piperidine rings is 1. The summed E-state index contributed by atoms with van der Waals surface area (Å²) in [6.45, 7) is 7.70. The van der Waals surface area contributed by atoms with E-state index in [0.29, 0.717) is 26.2 Å². The van der Waals surface area contributed by atoms with Crippen molar-refractivity contribution < 1.29 is 9.53 Å². The highest BCUT2D eigenvalue weighted by Gasteiger charge is 2.28. The van der Waals surface area contributed by atoms with Gasteiger partial charge in [0, 0.05) is 32.7 Å². The van der Waals surface area contributed by atoms with Gasteiger partial charge < -0.3 is 9.64 Å². The van der Waals surface area contributed by atoms with E-state index in [1.165, 1.54) is 4.68 Å². The Morgan fingerprint density at radius 2 is 1.88 bits per heavy atom. The van der Waals surface area contributed by atoms with Crippen molar-refractivity contribution in [3.05, 3.63) is 16.3 Å². The van der Waals surface area contributed by atoms with Crippen molar-refractivity contribution in [1.29, 1.82) is 0 Å². The smallest absolute Gasteiger partial charge is 0.345 e. The van der Waals surface area contributed by atoms with Crippen LogP contribution in [-0.4, -0.2) is 76.5 Å². The minimum Gasteiger partial charge on any atom is -0.383 e. The molecular weight excluding hydrogens is 334 g/mol. The fourth-order valence-electron chi connectivity index (χ4n) is 3.99. The molecule has 0 atom stereocenters. The molecule has 1 aromatic heterocycles. The maximum atomic E-state index is 12.5. The lowest BCUT2D eigenvalue weighted by Crippen LogP contribution is -2.42. The van der Waals surface area contributed by atoms with Crippen molar-refractivity contribution in [2.75, 3.05) is 46.4 Å². The van der Waals surface area contributed by atoms with Crippen LogP contribution in [0.2, 0.25) is 0 Å². The summed E-state index contributed by atoms with van der Waals surface area (Å²) < 4.78 is 8.37. The fourth-order valence-corrected chi connectivity index (χ4v) is 3.99. The number of nitrogens with zero attached hydrogens (tertiary/aromatic N) is 5. The Labute approximate surface area is 154 Å². The van der Waals surface area contributed by atoms with E-state index in [1.807, 2.05) is 11.8 Å². The second kappa shape index (κ2) is 8.81. The van der Waals surface area contributed by atoms with Gasteiger partial charge in [-0.15, -0.1) is 0 Å². The van der Waals surface area contributed by atoms with Gasteiger partial charge in [0.2, 0.25) is 5.91 Å². The molecule has 0 saturated carbocycles. The SMILES string of the molecule is CCn1c(C2CCN(CC(=O)N3CCCC3)CC2)nn(CCOC)c1=O. The maximum absolute atomic E-state index is 12.5. The zero-order valence-corrected chi connectivity index (χ0v) is 16.0. The molecule has 0 spiro atoms. The molecule has 2 fully saturated rings. The van der Waals surface area contributed by atoms with Gasteiger partial charge in [-0.25, -0.2) is 9.48 Å². The Morgan fingerprint density at radius 1 is 1.19 bits per heavy atom. The van der Waals surface area contributed by atoms with Gasteiger partial charge in [0.25, 0.3) is 0 Å². The van der Waals surface area contributed by atoms with E-state index in [0.717, 1.165) is 57.7 Å². The minimum absolute atomic E-state index is 0.0498. The number of aromatic nitrogens is 3. The molecule has 0 N–H and O–H groups in total. The Kier molecular flexibility index (Phi) is 6.48. The zero-order chi connectivity index (χ0) is 18.5. The average Bonchev–Trinajstić information content (AvgIpc) is 3.29. The first-order valence-corrected chi connectivity index (χ1v) is 9.80. The second-order valence-corrected chi connectivity index (χ2v) is 7.24. The van der Waals surface area contributed by atoms with Crippen molar-refractivity contribution in [3.8, 4) is 0 Å². The van der Waals surface area contributed by atoms with Crippen LogP contribution in [0.1, 0.15) is 44.3 Å². The number of amides is 1. The normalized spacial score (nSPS) is 19.4. The van der Waals surface area contributed by atoms with Crippen LogP contribution in [0.15, 0.2) is 4.79 Å². The van der Waals surface area contributed by atoms with E-state index in [4.69, 9.17) is 4.74 Å². The first-order valence-electron chi connectivity index (χ1n) is 9.80. The summed E-state index contributed by atoms with van der Waals surface area (Å²) in [5.41, 5.74) is -0.0498. The Bertz CT molecular complexity index is 654. The quantitative estimate of drug-likeness (QED) is 0.704. The first kappa shape index (κ1) is 19.1. The van der Waals surface area contributed by atoms with Crippen LogP contribution in [0, 0.1) is 0 Å². The lowest BCUT2D eigenvalue weighted by molar-refractivity contribution is -0.131. The molecule has 1 aromatic rings. The molecule has 2 aliphatic heterocycles. The minimum atomic E-state index is -0.0498. The van der Waals surface area contributed by atoms with Crippen molar-refractivity contribution in [1.82, 2.24) is 24.1 Å². The number of carbonyl (C=O) groups is 1. The van der Waals surface area contributed by atoms with E-state index in [2.05, 4.69) is 10.00 Å². The van der Waals surface area contributed by atoms with Crippen LogP contribution >= 0.6 is 0 Å². The zero-order valence-electron chi connectivity index (χ0n) is 16.0. The van der Waals surface area contributed by atoms with E-state index in [1.54, 1.807) is 11.7 Å². The monoisotopic (exact) mass is 365 g/mol. The summed E-state index contributed by atoms with van der Waals surface area (Å²) >= 11 is 0. The lowest BCUT2D eigenvalue weighted by Gasteiger charge is -2.32. The number of carbonyl (C=O) groups excluding carboxylic acids is 1. The molecule has 0 unspecified atom stereocenters. The molecule has 2 saturated heterocycles. The first-order chi connectivity index (χ1) is 12.6. The molecule has 26 heavy (non-hydrogen) atoms. The summed E-state index contributed by atoms with van der Waals surface area (Å²) in [6, 6.07) is 0. The van der Waals surface area contributed by atoms with Gasteiger partial charge in [0.1, 0.15) is 5.82 Å². The standard InChI is InChI=1S/C18H31N5O3/c1-3-22-17(19-23(18(22)25)12-13-26-2)15-6-10-20(11-7-15)14-16(24)21-8-4-5-9-21/h15H,3-14H2,1-2H3. The largest absolute Gasteiger partial charge is 0.383 e.